The van der Waals surface area contributed by atoms with Crippen molar-refractivity contribution >= 4 is 17.9 Å². The highest BCUT2D eigenvalue weighted by molar-refractivity contribution is 5.96. The molecule has 21 heavy (non-hydrogen) atoms. The molecule has 0 spiro atoms. The first kappa shape index (κ1) is 15.1. The van der Waals surface area contributed by atoms with Gasteiger partial charge in [-0.2, -0.15) is 0 Å². The van der Waals surface area contributed by atoms with Gasteiger partial charge < -0.3 is 15.0 Å². The minimum Gasteiger partial charge on any atom is -0.496 e. The molecule has 2 rings (SSSR count). The summed E-state index contributed by atoms with van der Waals surface area (Å²) in [5, 5.41) is 2.78. The lowest BCUT2D eigenvalue weighted by Crippen LogP contribution is -2.56. The molecule has 1 aliphatic heterocycles. The van der Waals surface area contributed by atoms with Crippen LogP contribution in [0.15, 0.2) is 30.3 Å². The fourth-order valence-electron chi connectivity index (χ4n) is 2.45. The highest BCUT2D eigenvalue weighted by Crippen LogP contribution is 2.19. The average molecular weight is 288 g/mol. The molecule has 0 bridgehead atoms. The Balaban J connectivity index is 2.13. The average Bonchev–Trinajstić information content (AvgIpc) is 2.52. The predicted octanol–water partition coefficient (Wildman–Crippen LogP) is 1.45. The monoisotopic (exact) mass is 288 g/mol. The summed E-state index contributed by atoms with van der Waals surface area (Å²) in [7, 11) is 1.59. The molecule has 0 aliphatic carbocycles. The van der Waals surface area contributed by atoms with Crippen molar-refractivity contribution in [2.24, 2.45) is 0 Å². The molecule has 112 valence electrons. The number of benzene rings is 1. The Morgan fingerprint density at radius 3 is 2.95 bits per heavy atom. The van der Waals surface area contributed by atoms with Gasteiger partial charge in [0.05, 0.1) is 7.11 Å². The first-order valence-corrected chi connectivity index (χ1v) is 7.06. The van der Waals surface area contributed by atoms with E-state index in [1.165, 1.54) is 6.08 Å². The number of amides is 2. The maximum atomic E-state index is 12.3. The zero-order valence-electron chi connectivity index (χ0n) is 12.3. The van der Waals surface area contributed by atoms with Crippen molar-refractivity contribution in [1.82, 2.24) is 10.2 Å². The van der Waals surface area contributed by atoms with Crippen LogP contribution in [0.3, 0.4) is 0 Å². The van der Waals surface area contributed by atoms with Gasteiger partial charge in [0.2, 0.25) is 11.8 Å². The van der Waals surface area contributed by atoms with Crippen LogP contribution in [0.5, 0.6) is 5.75 Å². The Labute approximate surface area is 124 Å². The fraction of sp³-hybridized carbons (Fsp3) is 0.375. The molecule has 1 aromatic carbocycles. The van der Waals surface area contributed by atoms with Crippen molar-refractivity contribution in [3.8, 4) is 5.75 Å². The summed E-state index contributed by atoms with van der Waals surface area (Å²) >= 11 is 0. The molecular formula is C16H20N2O3. The third kappa shape index (κ3) is 3.42. The van der Waals surface area contributed by atoms with Crippen LogP contribution in [0.1, 0.15) is 18.9 Å². The summed E-state index contributed by atoms with van der Waals surface area (Å²) < 4.78 is 5.24. The van der Waals surface area contributed by atoms with E-state index >= 15 is 0 Å². The number of piperazine rings is 1. The van der Waals surface area contributed by atoms with Crippen LogP contribution >= 0.6 is 0 Å². The van der Waals surface area contributed by atoms with Crippen molar-refractivity contribution < 1.29 is 14.3 Å². The number of nitrogens with zero attached hydrogens (tertiary/aromatic N) is 1. The fourth-order valence-corrected chi connectivity index (χ4v) is 2.45. The van der Waals surface area contributed by atoms with Crippen LogP contribution in [-0.4, -0.2) is 43.0 Å². The van der Waals surface area contributed by atoms with Gasteiger partial charge in [-0.15, -0.1) is 0 Å². The van der Waals surface area contributed by atoms with E-state index in [-0.39, 0.29) is 17.9 Å². The van der Waals surface area contributed by atoms with E-state index in [0.717, 1.165) is 5.56 Å². The lowest BCUT2D eigenvalue weighted by molar-refractivity contribution is -0.140. The molecule has 1 aliphatic rings. The highest BCUT2D eigenvalue weighted by atomic mass is 16.5. The van der Waals surface area contributed by atoms with Gasteiger partial charge >= 0.3 is 0 Å². The van der Waals surface area contributed by atoms with Gasteiger partial charge in [0, 0.05) is 24.7 Å². The minimum atomic E-state index is -0.381. The van der Waals surface area contributed by atoms with Gasteiger partial charge in [-0.3, -0.25) is 9.59 Å². The van der Waals surface area contributed by atoms with E-state index in [9.17, 15) is 9.59 Å². The molecule has 1 N–H and O–H groups in total. The quantitative estimate of drug-likeness (QED) is 0.853. The van der Waals surface area contributed by atoms with Gasteiger partial charge in [0.25, 0.3) is 0 Å². The van der Waals surface area contributed by atoms with Crippen LogP contribution in [0.2, 0.25) is 0 Å². The summed E-state index contributed by atoms with van der Waals surface area (Å²) in [6.45, 7) is 2.95. The summed E-state index contributed by atoms with van der Waals surface area (Å²) in [5.41, 5.74) is 0.836. The predicted molar refractivity (Wildman–Crippen MR) is 80.8 cm³/mol. The Kier molecular flexibility index (Phi) is 4.98. The van der Waals surface area contributed by atoms with E-state index < -0.39 is 0 Å². The number of hydrogen-bond donors (Lipinski definition) is 1. The number of ether oxygens (including phenoxy) is 1. The maximum absolute atomic E-state index is 12.3. The molecule has 2 amide bonds. The number of carbonyl (C=O) groups excluding carboxylic acids is 2. The molecule has 0 aromatic heterocycles. The number of hydrogen-bond acceptors (Lipinski definition) is 3. The first-order chi connectivity index (χ1) is 10.2. The van der Waals surface area contributed by atoms with Crippen molar-refractivity contribution in [3.05, 3.63) is 35.9 Å². The summed E-state index contributed by atoms with van der Waals surface area (Å²) in [5.74, 6) is 0.482. The standard InChI is InChI=1S/C16H20N2O3/c1-3-13-16(20)17-10-11-18(13)15(19)9-8-12-6-4-5-7-14(12)21-2/h4-9,13H,3,10-11H2,1-2H3,(H,17,20). The molecule has 1 saturated heterocycles. The summed E-state index contributed by atoms with van der Waals surface area (Å²) in [6, 6.07) is 7.10. The van der Waals surface area contributed by atoms with E-state index in [1.54, 1.807) is 18.1 Å². The second-order valence-corrected chi connectivity index (χ2v) is 4.82. The molecule has 1 unspecified atom stereocenters. The third-order valence-electron chi connectivity index (χ3n) is 3.54. The SMILES string of the molecule is CCC1C(=O)NCCN1C(=O)C=Cc1ccccc1OC. The van der Waals surface area contributed by atoms with Crippen LogP contribution in [-0.2, 0) is 9.59 Å². The molecule has 5 nitrogen and oxygen atoms in total. The number of methoxy groups -OCH3 is 1. The molecule has 0 saturated carbocycles. The molecule has 1 fully saturated rings. The highest BCUT2D eigenvalue weighted by Gasteiger charge is 2.30. The third-order valence-corrected chi connectivity index (χ3v) is 3.54. The Morgan fingerprint density at radius 2 is 2.24 bits per heavy atom. The van der Waals surface area contributed by atoms with Gasteiger partial charge in [-0.05, 0) is 18.6 Å². The minimum absolute atomic E-state index is 0.0807. The smallest absolute Gasteiger partial charge is 0.247 e. The van der Waals surface area contributed by atoms with Gasteiger partial charge in [0.15, 0.2) is 0 Å². The summed E-state index contributed by atoms with van der Waals surface area (Å²) in [4.78, 5) is 25.7. The molecule has 1 aromatic rings. The normalized spacial score (nSPS) is 18.7. The van der Waals surface area contributed by atoms with Crippen molar-refractivity contribution in [2.75, 3.05) is 20.2 Å². The van der Waals surface area contributed by atoms with Gasteiger partial charge in [0.1, 0.15) is 11.8 Å². The van der Waals surface area contributed by atoms with Gasteiger partial charge in [-0.1, -0.05) is 25.1 Å². The zero-order chi connectivity index (χ0) is 15.2. The number of carbonyl (C=O) groups is 2. The van der Waals surface area contributed by atoms with E-state index in [1.807, 2.05) is 31.2 Å². The number of nitrogens with one attached hydrogen (secondary N) is 1. The van der Waals surface area contributed by atoms with Crippen LogP contribution in [0.4, 0.5) is 0 Å². The lowest BCUT2D eigenvalue weighted by atomic mass is 10.1. The van der Waals surface area contributed by atoms with Gasteiger partial charge in [-0.25, -0.2) is 0 Å². The zero-order valence-corrected chi connectivity index (χ0v) is 12.3. The largest absolute Gasteiger partial charge is 0.496 e. The molecule has 1 atom stereocenters. The van der Waals surface area contributed by atoms with E-state index in [0.29, 0.717) is 25.3 Å². The van der Waals surface area contributed by atoms with Crippen molar-refractivity contribution in [1.29, 1.82) is 0 Å². The second-order valence-electron chi connectivity index (χ2n) is 4.82. The first-order valence-electron chi connectivity index (χ1n) is 7.06. The van der Waals surface area contributed by atoms with Crippen LogP contribution in [0.25, 0.3) is 6.08 Å². The van der Waals surface area contributed by atoms with Crippen molar-refractivity contribution in [2.45, 2.75) is 19.4 Å². The van der Waals surface area contributed by atoms with Crippen LogP contribution in [0, 0.1) is 0 Å². The number of rotatable bonds is 4. The topological polar surface area (TPSA) is 58.6 Å². The van der Waals surface area contributed by atoms with E-state index in [4.69, 9.17) is 4.74 Å². The number of para-hydroxylation sites is 1. The molecule has 1 heterocycles. The summed E-state index contributed by atoms with van der Waals surface area (Å²) in [6.07, 6.45) is 3.83. The lowest BCUT2D eigenvalue weighted by Gasteiger charge is -2.33. The Bertz CT molecular complexity index is 554. The Morgan fingerprint density at radius 1 is 1.48 bits per heavy atom. The van der Waals surface area contributed by atoms with Crippen LogP contribution < -0.4 is 10.1 Å². The molecular weight excluding hydrogens is 268 g/mol. The van der Waals surface area contributed by atoms with Crippen molar-refractivity contribution in [3.63, 3.8) is 0 Å². The van der Waals surface area contributed by atoms with E-state index in [2.05, 4.69) is 5.32 Å². The molecule has 5 heteroatoms. The Hall–Kier alpha value is -2.30. The second kappa shape index (κ2) is 6.92. The molecule has 0 radical (unpaired) electrons. The maximum Gasteiger partial charge on any atom is 0.247 e.